The molecule has 1 aromatic carbocycles. The van der Waals surface area contributed by atoms with Gasteiger partial charge in [-0.3, -0.25) is 0 Å². The lowest BCUT2D eigenvalue weighted by Crippen LogP contribution is -1.76. The minimum absolute atomic E-state index is 0.850. The van der Waals surface area contributed by atoms with Crippen molar-refractivity contribution >= 4 is 45.8 Å². The van der Waals surface area contributed by atoms with Crippen molar-refractivity contribution in [1.29, 1.82) is 0 Å². The van der Waals surface area contributed by atoms with Crippen molar-refractivity contribution in [2.75, 3.05) is 0 Å². The molecular formula is C9H5IOS. The summed E-state index contributed by atoms with van der Waals surface area (Å²) in [5.41, 5.74) is 0.850. The molecule has 0 aliphatic rings. The molecule has 1 nitrogen and oxygen atoms in total. The summed E-state index contributed by atoms with van der Waals surface area (Å²) in [6.07, 6.45) is 1.69. The van der Waals surface area contributed by atoms with Gasteiger partial charge in [-0.25, -0.2) is 0 Å². The third-order valence-corrected chi connectivity index (χ3v) is 3.24. The molecule has 0 radical (unpaired) electrons. The highest BCUT2D eigenvalue weighted by Gasteiger charge is 1.98. The Bertz CT molecular complexity index is 475. The van der Waals surface area contributed by atoms with Crippen LogP contribution in [-0.2, 0) is 0 Å². The van der Waals surface area contributed by atoms with Crippen LogP contribution in [0.2, 0.25) is 0 Å². The maximum absolute atomic E-state index is 5.35. The molecule has 0 atom stereocenters. The predicted octanol–water partition coefficient (Wildman–Crippen LogP) is 3.77. The summed E-state index contributed by atoms with van der Waals surface area (Å²) in [5, 5.41) is 1.01. The maximum atomic E-state index is 5.35. The first-order valence-electron chi connectivity index (χ1n) is 3.45. The lowest BCUT2D eigenvalue weighted by Gasteiger charge is -1.96. The Morgan fingerprint density at radius 1 is 1.25 bits per heavy atom. The van der Waals surface area contributed by atoms with E-state index in [1.807, 2.05) is 24.3 Å². The smallest absolute Gasteiger partial charge is 0.135 e. The van der Waals surface area contributed by atoms with E-state index in [0.717, 1.165) is 19.0 Å². The van der Waals surface area contributed by atoms with Crippen molar-refractivity contribution in [2.24, 2.45) is 0 Å². The summed E-state index contributed by atoms with van der Waals surface area (Å²) in [6, 6.07) is 7.79. The maximum Gasteiger partial charge on any atom is 0.135 e. The quantitative estimate of drug-likeness (QED) is 0.541. The third kappa shape index (κ3) is 1.27. The van der Waals surface area contributed by atoms with Crippen molar-refractivity contribution in [3.8, 4) is 0 Å². The fraction of sp³-hybridized carbons (Fsp3) is 0. The zero-order valence-electron chi connectivity index (χ0n) is 6.08. The van der Waals surface area contributed by atoms with Gasteiger partial charge in [0, 0.05) is 5.39 Å². The number of para-hydroxylation sites is 1. The summed E-state index contributed by atoms with van der Waals surface area (Å²) >= 11 is 7.40. The summed E-state index contributed by atoms with van der Waals surface area (Å²) in [6.45, 7) is 0. The molecular weight excluding hydrogens is 283 g/mol. The molecule has 0 unspecified atom stereocenters. The van der Waals surface area contributed by atoms with Crippen LogP contribution in [0.25, 0.3) is 11.0 Å². The number of hydrogen-bond acceptors (Lipinski definition) is 2. The van der Waals surface area contributed by atoms with E-state index in [0.29, 0.717) is 0 Å². The highest BCUT2D eigenvalue weighted by atomic mass is 127. The second-order valence-electron chi connectivity index (χ2n) is 2.41. The van der Waals surface area contributed by atoms with Gasteiger partial charge in [-0.1, -0.05) is 24.4 Å². The minimum Gasteiger partial charge on any atom is -0.463 e. The number of halogens is 1. The van der Waals surface area contributed by atoms with Crippen molar-refractivity contribution in [3.63, 3.8) is 0 Å². The molecule has 0 fully saturated rings. The third-order valence-electron chi connectivity index (χ3n) is 1.64. The highest BCUT2D eigenvalue weighted by Crippen LogP contribution is 2.19. The molecule has 12 heavy (non-hydrogen) atoms. The predicted molar refractivity (Wildman–Crippen MR) is 59.8 cm³/mol. The first-order valence-corrected chi connectivity index (χ1v) is 4.94. The molecule has 1 aromatic heterocycles. The Hall–Kier alpha value is -0.420. The van der Waals surface area contributed by atoms with Crippen LogP contribution in [0.1, 0.15) is 0 Å². The van der Waals surface area contributed by atoms with Crippen LogP contribution >= 0.6 is 34.8 Å². The van der Waals surface area contributed by atoms with Crippen LogP contribution in [0.5, 0.6) is 0 Å². The van der Waals surface area contributed by atoms with E-state index in [4.69, 9.17) is 16.6 Å². The fourth-order valence-corrected chi connectivity index (χ4v) is 1.69. The second kappa shape index (κ2) is 3.14. The Kier molecular flexibility index (Phi) is 2.14. The number of hydrogen-bond donors (Lipinski definition) is 0. The van der Waals surface area contributed by atoms with Crippen molar-refractivity contribution in [1.82, 2.24) is 0 Å². The van der Waals surface area contributed by atoms with Crippen LogP contribution in [-0.4, -0.2) is 0 Å². The van der Waals surface area contributed by atoms with Crippen molar-refractivity contribution < 1.29 is 4.42 Å². The average molecular weight is 288 g/mol. The summed E-state index contributed by atoms with van der Waals surface area (Å²) in [7, 11) is 0. The topological polar surface area (TPSA) is 13.1 Å². The molecule has 0 aliphatic heterocycles. The van der Waals surface area contributed by atoms with Crippen LogP contribution in [0.4, 0.5) is 0 Å². The van der Waals surface area contributed by atoms with Crippen molar-refractivity contribution in [3.05, 3.63) is 38.6 Å². The monoisotopic (exact) mass is 288 g/mol. The number of fused-ring (bicyclic) bond motifs is 1. The van der Waals surface area contributed by atoms with Crippen LogP contribution in [0.3, 0.4) is 0 Å². The van der Waals surface area contributed by atoms with Gasteiger partial charge in [-0.2, -0.15) is 0 Å². The average Bonchev–Trinajstić information content (AvgIpc) is 2.12. The van der Waals surface area contributed by atoms with E-state index in [1.54, 1.807) is 6.26 Å². The lowest BCUT2D eigenvalue weighted by atomic mass is 10.2. The summed E-state index contributed by atoms with van der Waals surface area (Å²) < 4.78 is 7.21. The molecule has 0 amide bonds. The molecule has 0 N–H and O–H groups in total. The van der Waals surface area contributed by atoms with E-state index in [2.05, 4.69) is 22.6 Å². The largest absolute Gasteiger partial charge is 0.463 e. The standard InChI is InChI=1S/C9H5IOS/c10-7-5-11-8-4-2-1-3-6(8)9(7)12/h1-5H. The molecule has 60 valence electrons. The van der Waals surface area contributed by atoms with E-state index in [1.165, 1.54) is 0 Å². The van der Waals surface area contributed by atoms with Gasteiger partial charge in [-0.05, 0) is 34.7 Å². The Morgan fingerprint density at radius 3 is 2.83 bits per heavy atom. The van der Waals surface area contributed by atoms with Gasteiger partial charge in [0.15, 0.2) is 0 Å². The van der Waals surface area contributed by atoms with Gasteiger partial charge >= 0.3 is 0 Å². The van der Waals surface area contributed by atoms with Gasteiger partial charge in [0.2, 0.25) is 0 Å². The van der Waals surface area contributed by atoms with Crippen LogP contribution in [0, 0.1) is 8.08 Å². The molecule has 0 saturated carbocycles. The molecule has 2 rings (SSSR count). The van der Waals surface area contributed by atoms with Crippen LogP contribution in [0.15, 0.2) is 34.9 Å². The SMILES string of the molecule is S=c1c(I)coc2ccccc12. The fourth-order valence-electron chi connectivity index (χ4n) is 1.05. The molecule has 0 aliphatic carbocycles. The normalized spacial score (nSPS) is 10.4. The molecule has 1 heterocycles. The highest BCUT2D eigenvalue weighted by molar-refractivity contribution is 14.1. The number of benzene rings is 1. The number of rotatable bonds is 0. The molecule has 3 heteroatoms. The summed E-state index contributed by atoms with van der Waals surface area (Å²) in [5.74, 6) is 0. The Labute approximate surface area is 88.5 Å². The molecule has 2 aromatic rings. The molecule has 0 bridgehead atoms. The van der Waals surface area contributed by atoms with Gasteiger partial charge < -0.3 is 4.42 Å². The van der Waals surface area contributed by atoms with Crippen LogP contribution < -0.4 is 0 Å². The second-order valence-corrected chi connectivity index (χ2v) is 3.98. The zero-order valence-corrected chi connectivity index (χ0v) is 9.06. The van der Waals surface area contributed by atoms with Crippen molar-refractivity contribution in [2.45, 2.75) is 0 Å². The summed E-state index contributed by atoms with van der Waals surface area (Å²) in [4.78, 5) is 0. The van der Waals surface area contributed by atoms with E-state index >= 15 is 0 Å². The van der Waals surface area contributed by atoms with E-state index in [9.17, 15) is 0 Å². The molecule has 0 spiro atoms. The molecule has 0 saturated heterocycles. The Morgan fingerprint density at radius 2 is 2.00 bits per heavy atom. The van der Waals surface area contributed by atoms with E-state index in [-0.39, 0.29) is 0 Å². The van der Waals surface area contributed by atoms with Gasteiger partial charge in [-0.15, -0.1) is 0 Å². The minimum atomic E-state index is 0.850. The van der Waals surface area contributed by atoms with Gasteiger partial charge in [0.05, 0.1) is 8.08 Å². The first kappa shape index (κ1) is 8.19. The lowest BCUT2D eigenvalue weighted by molar-refractivity contribution is 0.599. The van der Waals surface area contributed by atoms with E-state index < -0.39 is 0 Å². The van der Waals surface area contributed by atoms with Gasteiger partial charge in [0.25, 0.3) is 0 Å². The van der Waals surface area contributed by atoms with Gasteiger partial charge in [0.1, 0.15) is 11.8 Å². The first-order chi connectivity index (χ1) is 5.79. The Balaban J connectivity index is 3.01. The zero-order chi connectivity index (χ0) is 8.55.